The van der Waals surface area contributed by atoms with Crippen LogP contribution >= 0.6 is 0 Å². The Hall–Kier alpha value is -1.64. The summed E-state index contributed by atoms with van der Waals surface area (Å²) in [5, 5.41) is 18.0. The van der Waals surface area contributed by atoms with Gasteiger partial charge >= 0.3 is 0 Å². The second-order valence-electron chi connectivity index (χ2n) is 3.60. The molecular formula is C11H13N3O2. The minimum Gasteiger partial charge on any atom is -0.394 e. The van der Waals surface area contributed by atoms with Crippen molar-refractivity contribution >= 4 is 5.69 Å². The molecule has 1 atom stereocenters. The van der Waals surface area contributed by atoms with Crippen molar-refractivity contribution in [3.05, 3.63) is 24.0 Å². The van der Waals surface area contributed by atoms with Crippen molar-refractivity contribution in [3.63, 3.8) is 0 Å². The number of aliphatic hydroxyl groups is 1. The van der Waals surface area contributed by atoms with Crippen molar-refractivity contribution in [3.8, 4) is 6.07 Å². The summed E-state index contributed by atoms with van der Waals surface area (Å²) in [6.07, 6.45) is 1.42. The summed E-state index contributed by atoms with van der Waals surface area (Å²) in [4.78, 5) is 6.04. The number of aliphatic hydroxyl groups excluding tert-OH is 1. The van der Waals surface area contributed by atoms with Crippen LogP contribution in [0.1, 0.15) is 5.69 Å². The van der Waals surface area contributed by atoms with Gasteiger partial charge in [-0.25, -0.2) is 4.98 Å². The number of rotatable bonds is 2. The number of morpholine rings is 1. The molecule has 16 heavy (non-hydrogen) atoms. The van der Waals surface area contributed by atoms with E-state index in [1.54, 1.807) is 12.3 Å². The van der Waals surface area contributed by atoms with E-state index in [4.69, 9.17) is 15.1 Å². The molecule has 5 heteroatoms. The van der Waals surface area contributed by atoms with Crippen LogP contribution in [0.15, 0.2) is 18.3 Å². The summed E-state index contributed by atoms with van der Waals surface area (Å²) in [5.74, 6) is 0. The van der Waals surface area contributed by atoms with Crippen molar-refractivity contribution < 1.29 is 9.84 Å². The van der Waals surface area contributed by atoms with E-state index in [0.717, 1.165) is 12.2 Å². The van der Waals surface area contributed by atoms with Gasteiger partial charge in [0.1, 0.15) is 6.07 Å². The smallest absolute Gasteiger partial charge is 0.163 e. The van der Waals surface area contributed by atoms with Crippen LogP contribution in [0.4, 0.5) is 5.69 Å². The van der Waals surface area contributed by atoms with Crippen LogP contribution in [0.5, 0.6) is 0 Å². The van der Waals surface area contributed by atoms with Crippen molar-refractivity contribution in [2.24, 2.45) is 0 Å². The van der Waals surface area contributed by atoms with Gasteiger partial charge in [-0.3, -0.25) is 0 Å². The van der Waals surface area contributed by atoms with Gasteiger partial charge in [-0.15, -0.1) is 0 Å². The molecular weight excluding hydrogens is 206 g/mol. The lowest BCUT2D eigenvalue weighted by Gasteiger charge is -2.33. The van der Waals surface area contributed by atoms with Crippen LogP contribution < -0.4 is 4.90 Å². The molecule has 1 aliphatic rings. The first-order valence-corrected chi connectivity index (χ1v) is 5.17. The van der Waals surface area contributed by atoms with Crippen molar-refractivity contribution in [1.29, 1.82) is 5.26 Å². The molecule has 5 nitrogen and oxygen atoms in total. The second-order valence-corrected chi connectivity index (χ2v) is 3.60. The van der Waals surface area contributed by atoms with E-state index in [1.807, 2.05) is 11.0 Å². The number of ether oxygens (including phenoxy) is 1. The minimum atomic E-state index is -0.180. The highest BCUT2D eigenvalue weighted by atomic mass is 16.5. The lowest BCUT2D eigenvalue weighted by molar-refractivity contribution is 0.00354. The van der Waals surface area contributed by atoms with Crippen molar-refractivity contribution in [2.45, 2.75) is 6.10 Å². The zero-order valence-corrected chi connectivity index (χ0v) is 8.83. The minimum absolute atomic E-state index is 0.00134. The largest absolute Gasteiger partial charge is 0.394 e. The molecule has 1 unspecified atom stereocenters. The van der Waals surface area contributed by atoms with Gasteiger partial charge < -0.3 is 14.7 Å². The van der Waals surface area contributed by atoms with Crippen LogP contribution in [0.3, 0.4) is 0 Å². The van der Waals surface area contributed by atoms with E-state index in [-0.39, 0.29) is 12.7 Å². The van der Waals surface area contributed by atoms with E-state index in [9.17, 15) is 0 Å². The van der Waals surface area contributed by atoms with Crippen LogP contribution in [0.2, 0.25) is 0 Å². The molecule has 84 valence electrons. The fourth-order valence-corrected chi connectivity index (χ4v) is 1.79. The standard InChI is InChI=1S/C11H13N3O2/c12-6-10-11(2-1-3-13-10)14-4-5-16-9(7-14)8-15/h1-3,9,15H,4-5,7-8H2. The predicted molar refractivity (Wildman–Crippen MR) is 58.0 cm³/mol. The van der Waals surface area contributed by atoms with Gasteiger partial charge in [0.25, 0.3) is 0 Å². The number of hydrogen-bond donors (Lipinski definition) is 1. The Bertz CT molecular complexity index is 402. The van der Waals surface area contributed by atoms with Gasteiger partial charge in [-0.2, -0.15) is 5.26 Å². The maximum Gasteiger partial charge on any atom is 0.163 e. The number of hydrogen-bond acceptors (Lipinski definition) is 5. The number of anilines is 1. The lowest BCUT2D eigenvalue weighted by atomic mass is 10.2. The van der Waals surface area contributed by atoms with E-state index in [2.05, 4.69) is 11.1 Å². The molecule has 0 radical (unpaired) electrons. The topological polar surface area (TPSA) is 69.4 Å². The maximum absolute atomic E-state index is 9.05. The molecule has 0 aliphatic carbocycles. The predicted octanol–water partition coefficient (Wildman–Crippen LogP) is 0.151. The van der Waals surface area contributed by atoms with E-state index < -0.39 is 0 Å². The van der Waals surface area contributed by atoms with E-state index in [1.165, 1.54) is 0 Å². The summed E-state index contributed by atoms with van der Waals surface area (Å²) >= 11 is 0. The van der Waals surface area contributed by atoms with Gasteiger partial charge in [-0.1, -0.05) is 0 Å². The van der Waals surface area contributed by atoms with E-state index in [0.29, 0.717) is 18.8 Å². The first-order valence-electron chi connectivity index (χ1n) is 5.17. The lowest BCUT2D eigenvalue weighted by Crippen LogP contribution is -2.44. The zero-order chi connectivity index (χ0) is 11.4. The number of aromatic nitrogens is 1. The highest BCUT2D eigenvalue weighted by Gasteiger charge is 2.21. The summed E-state index contributed by atoms with van der Waals surface area (Å²) < 4.78 is 5.36. The Balaban J connectivity index is 2.20. The molecule has 0 saturated carbocycles. The third-order valence-electron chi connectivity index (χ3n) is 2.58. The SMILES string of the molecule is N#Cc1ncccc1N1CCOC(CO)C1. The maximum atomic E-state index is 9.05. The third kappa shape index (κ3) is 2.13. The van der Waals surface area contributed by atoms with Gasteiger partial charge in [0.05, 0.1) is 25.0 Å². The summed E-state index contributed by atoms with van der Waals surface area (Å²) in [5.41, 5.74) is 1.23. The van der Waals surface area contributed by atoms with Gasteiger partial charge in [0, 0.05) is 19.3 Å². The molecule has 0 bridgehead atoms. The third-order valence-corrected chi connectivity index (χ3v) is 2.58. The van der Waals surface area contributed by atoms with Gasteiger partial charge in [-0.05, 0) is 12.1 Å². The fraction of sp³-hybridized carbons (Fsp3) is 0.455. The molecule has 1 N–H and O–H groups in total. The highest BCUT2D eigenvalue weighted by Crippen LogP contribution is 2.20. The summed E-state index contributed by atoms with van der Waals surface area (Å²) in [6.45, 7) is 1.87. The van der Waals surface area contributed by atoms with E-state index >= 15 is 0 Å². The Morgan fingerprint density at radius 3 is 3.31 bits per heavy atom. The number of pyridine rings is 1. The van der Waals surface area contributed by atoms with Gasteiger partial charge in [0.15, 0.2) is 5.69 Å². The van der Waals surface area contributed by atoms with Crippen molar-refractivity contribution in [2.75, 3.05) is 31.2 Å². The fourth-order valence-electron chi connectivity index (χ4n) is 1.79. The van der Waals surface area contributed by atoms with Crippen molar-refractivity contribution in [1.82, 2.24) is 4.98 Å². The zero-order valence-electron chi connectivity index (χ0n) is 8.83. The van der Waals surface area contributed by atoms with Gasteiger partial charge in [0.2, 0.25) is 0 Å². The van der Waals surface area contributed by atoms with Crippen LogP contribution in [0.25, 0.3) is 0 Å². The quantitative estimate of drug-likeness (QED) is 0.766. The normalized spacial score (nSPS) is 20.5. The summed E-state index contributed by atoms with van der Waals surface area (Å²) in [7, 11) is 0. The molecule has 1 aromatic rings. The Labute approximate surface area is 93.9 Å². The van der Waals surface area contributed by atoms with Crippen LogP contribution in [0, 0.1) is 11.3 Å². The molecule has 1 aromatic heterocycles. The molecule has 0 aromatic carbocycles. The summed E-state index contributed by atoms with van der Waals surface area (Å²) in [6, 6.07) is 5.74. The molecule has 0 amide bonds. The average molecular weight is 219 g/mol. The molecule has 1 aliphatic heterocycles. The monoisotopic (exact) mass is 219 g/mol. The molecule has 2 heterocycles. The second kappa shape index (κ2) is 4.92. The average Bonchev–Trinajstić information content (AvgIpc) is 2.38. The molecule has 2 rings (SSSR count). The first kappa shape index (κ1) is 10.9. The molecule has 0 spiro atoms. The molecule has 1 saturated heterocycles. The Morgan fingerprint density at radius 1 is 1.69 bits per heavy atom. The highest BCUT2D eigenvalue weighted by molar-refractivity contribution is 5.55. The molecule has 1 fully saturated rings. The Morgan fingerprint density at radius 2 is 2.56 bits per heavy atom. The number of nitriles is 1. The Kier molecular flexibility index (Phi) is 3.34. The first-order chi connectivity index (χ1) is 7.85. The number of nitrogens with zero attached hydrogens (tertiary/aromatic N) is 3. The van der Waals surface area contributed by atoms with Crippen LogP contribution in [-0.2, 0) is 4.74 Å². The van der Waals surface area contributed by atoms with Crippen LogP contribution in [-0.4, -0.2) is 42.5 Å².